The fourth-order valence-corrected chi connectivity index (χ4v) is 3.94. The average Bonchev–Trinajstić information content (AvgIpc) is 2.65. The Morgan fingerprint density at radius 2 is 0.615 bits per heavy atom. The lowest BCUT2D eigenvalue weighted by Crippen LogP contribution is -2.27. The van der Waals surface area contributed by atoms with Crippen LogP contribution in [0.2, 0.25) is 0 Å². The zero-order chi connectivity index (χ0) is 19.1. The summed E-state index contributed by atoms with van der Waals surface area (Å²) >= 11 is 0. The van der Waals surface area contributed by atoms with Crippen molar-refractivity contribution in [3.8, 4) is 0 Å². The molecule has 0 aliphatic carbocycles. The highest BCUT2D eigenvalue weighted by molar-refractivity contribution is 4.59. The molecule has 0 aromatic carbocycles. The Labute approximate surface area is 167 Å². The van der Waals surface area contributed by atoms with Crippen molar-refractivity contribution < 1.29 is 0 Å². The molecule has 26 heavy (non-hydrogen) atoms. The predicted octanol–water partition coefficient (Wildman–Crippen LogP) is 8.76. The lowest BCUT2D eigenvalue weighted by molar-refractivity contribution is 0.260. The summed E-state index contributed by atoms with van der Waals surface area (Å²) in [7, 11) is 0. The van der Waals surface area contributed by atoms with Gasteiger partial charge < -0.3 is 4.90 Å². The fourth-order valence-electron chi connectivity index (χ4n) is 3.94. The third kappa shape index (κ3) is 20.3. The van der Waals surface area contributed by atoms with Crippen LogP contribution in [0.15, 0.2) is 0 Å². The van der Waals surface area contributed by atoms with Crippen LogP contribution in [0, 0.1) is 0 Å². The fraction of sp³-hybridized carbons (Fsp3) is 1.00. The molecule has 0 heterocycles. The Bertz CT molecular complexity index is 238. The van der Waals surface area contributed by atoms with Gasteiger partial charge in [-0.15, -0.1) is 0 Å². The molecular formula is C25H53N. The maximum atomic E-state index is 2.74. The quantitative estimate of drug-likeness (QED) is 0.173. The van der Waals surface area contributed by atoms with Gasteiger partial charge in [-0.3, -0.25) is 0 Å². The van der Waals surface area contributed by atoms with E-state index in [1.807, 2.05) is 0 Å². The minimum Gasteiger partial charge on any atom is -0.303 e. The van der Waals surface area contributed by atoms with Crippen LogP contribution in [-0.4, -0.2) is 24.5 Å². The first-order valence-corrected chi connectivity index (χ1v) is 12.6. The summed E-state index contributed by atoms with van der Waals surface area (Å²) in [6, 6.07) is 0. The highest BCUT2D eigenvalue weighted by Crippen LogP contribution is 2.12. The number of hydrogen-bond donors (Lipinski definition) is 0. The van der Waals surface area contributed by atoms with Gasteiger partial charge in [-0.2, -0.15) is 0 Å². The smallest absolute Gasteiger partial charge is 0.00187 e. The van der Waals surface area contributed by atoms with E-state index in [1.165, 1.54) is 142 Å². The van der Waals surface area contributed by atoms with Crippen molar-refractivity contribution in [1.82, 2.24) is 4.90 Å². The molecule has 0 amide bonds. The SMILES string of the molecule is CCCCCCCCCCCCN(CCC)CCCCCCCCCC. The van der Waals surface area contributed by atoms with Crippen molar-refractivity contribution in [2.24, 2.45) is 0 Å². The largest absolute Gasteiger partial charge is 0.303 e. The zero-order valence-electron chi connectivity index (χ0n) is 19.0. The maximum Gasteiger partial charge on any atom is -0.00187 e. The Morgan fingerprint density at radius 1 is 0.308 bits per heavy atom. The van der Waals surface area contributed by atoms with Crippen LogP contribution >= 0.6 is 0 Å². The topological polar surface area (TPSA) is 3.24 Å². The molecule has 0 atom stereocenters. The second kappa shape index (κ2) is 23.0. The molecule has 0 aromatic rings. The van der Waals surface area contributed by atoms with Crippen LogP contribution < -0.4 is 0 Å². The molecular weight excluding hydrogens is 314 g/mol. The van der Waals surface area contributed by atoms with E-state index in [1.54, 1.807) is 0 Å². The summed E-state index contributed by atoms with van der Waals surface area (Å²) in [5, 5.41) is 0. The van der Waals surface area contributed by atoms with E-state index in [2.05, 4.69) is 25.7 Å². The van der Waals surface area contributed by atoms with Crippen molar-refractivity contribution in [1.29, 1.82) is 0 Å². The van der Waals surface area contributed by atoms with Crippen LogP contribution in [0.3, 0.4) is 0 Å². The van der Waals surface area contributed by atoms with Gasteiger partial charge in [0.1, 0.15) is 0 Å². The zero-order valence-corrected chi connectivity index (χ0v) is 19.0. The van der Waals surface area contributed by atoms with Crippen LogP contribution in [0.25, 0.3) is 0 Å². The van der Waals surface area contributed by atoms with Crippen molar-refractivity contribution in [2.45, 2.75) is 143 Å². The lowest BCUT2D eigenvalue weighted by Gasteiger charge is -2.21. The van der Waals surface area contributed by atoms with Crippen molar-refractivity contribution in [3.63, 3.8) is 0 Å². The second-order valence-electron chi connectivity index (χ2n) is 8.50. The highest BCUT2D eigenvalue weighted by Gasteiger charge is 2.03. The molecule has 0 spiro atoms. The lowest BCUT2D eigenvalue weighted by atomic mass is 10.1. The van der Waals surface area contributed by atoms with Gasteiger partial charge in [-0.25, -0.2) is 0 Å². The van der Waals surface area contributed by atoms with Gasteiger partial charge in [0.15, 0.2) is 0 Å². The van der Waals surface area contributed by atoms with Crippen molar-refractivity contribution in [2.75, 3.05) is 19.6 Å². The molecule has 0 fully saturated rings. The number of unbranched alkanes of at least 4 members (excludes halogenated alkanes) is 16. The Kier molecular flexibility index (Phi) is 23.0. The van der Waals surface area contributed by atoms with Gasteiger partial charge in [-0.1, -0.05) is 124 Å². The predicted molar refractivity (Wildman–Crippen MR) is 121 cm³/mol. The summed E-state index contributed by atoms with van der Waals surface area (Å²) in [4.78, 5) is 2.74. The molecule has 0 rings (SSSR count). The molecule has 0 aromatic heterocycles. The Morgan fingerprint density at radius 3 is 0.923 bits per heavy atom. The average molecular weight is 368 g/mol. The van der Waals surface area contributed by atoms with Gasteiger partial charge >= 0.3 is 0 Å². The molecule has 0 radical (unpaired) electrons. The molecule has 0 N–H and O–H groups in total. The van der Waals surface area contributed by atoms with E-state index >= 15 is 0 Å². The third-order valence-corrected chi connectivity index (χ3v) is 5.70. The van der Waals surface area contributed by atoms with Gasteiger partial charge in [0.05, 0.1) is 0 Å². The minimum absolute atomic E-state index is 1.31. The summed E-state index contributed by atoms with van der Waals surface area (Å²) in [5.41, 5.74) is 0. The molecule has 0 saturated heterocycles. The van der Waals surface area contributed by atoms with Crippen molar-refractivity contribution >= 4 is 0 Å². The number of nitrogens with zero attached hydrogens (tertiary/aromatic N) is 1. The number of hydrogen-bond acceptors (Lipinski definition) is 1. The van der Waals surface area contributed by atoms with Crippen LogP contribution in [0.5, 0.6) is 0 Å². The summed E-state index contributed by atoms with van der Waals surface area (Å²) in [6.07, 6.45) is 27.3. The first kappa shape index (κ1) is 26.0. The summed E-state index contributed by atoms with van der Waals surface area (Å²) < 4.78 is 0. The molecule has 1 nitrogen and oxygen atoms in total. The van der Waals surface area contributed by atoms with Gasteiger partial charge in [0.2, 0.25) is 0 Å². The van der Waals surface area contributed by atoms with Gasteiger partial charge in [0.25, 0.3) is 0 Å². The molecule has 1 heteroatoms. The van der Waals surface area contributed by atoms with Crippen LogP contribution in [-0.2, 0) is 0 Å². The van der Waals surface area contributed by atoms with Gasteiger partial charge in [-0.05, 0) is 38.9 Å². The normalized spacial score (nSPS) is 11.5. The van der Waals surface area contributed by atoms with E-state index < -0.39 is 0 Å². The highest BCUT2D eigenvalue weighted by atomic mass is 15.1. The molecule has 158 valence electrons. The second-order valence-corrected chi connectivity index (χ2v) is 8.50. The van der Waals surface area contributed by atoms with Crippen LogP contribution in [0.1, 0.15) is 143 Å². The van der Waals surface area contributed by atoms with Gasteiger partial charge in [0, 0.05) is 0 Å². The summed E-state index contributed by atoms with van der Waals surface area (Å²) in [5.74, 6) is 0. The Balaban J connectivity index is 3.41. The minimum atomic E-state index is 1.31. The number of rotatable bonds is 22. The van der Waals surface area contributed by atoms with E-state index in [9.17, 15) is 0 Å². The monoisotopic (exact) mass is 367 g/mol. The molecule has 0 bridgehead atoms. The standard InChI is InChI=1S/C25H53N/c1-4-7-9-11-13-15-16-18-20-22-25-26(23-6-3)24-21-19-17-14-12-10-8-5-2/h4-25H2,1-3H3. The molecule has 0 aliphatic rings. The van der Waals surface area contributed by atoms with E-state index in [4.69, 9.17) is 0 Å². The first-order chi connectivity index (χ1) is 12.8. The molecule has 0 aliphatic heterocycles. The Hall–Kier alpha value is -0.0400. The van der Waals surface area contributed by atoms with Crippen molar-refractivity contribution in [3.05, 3.63) is 0 Å². The summed E-state index contributed by atoms with van der Waals surface area (Å²) in [6.45, 7) is 10.9. The molecule has 0 unspecified atom stereocenters. The van der Waals surface area contributed by atoms with E-state index in [0.717, 1.165) is 0 Å². The van der Waals surface area contributed by atoms with E-state index in [-0.39, 0.29) is 0 Å². The first-order valence-electron chi connectivity index (χ1n) is 12.6. The third-order valence-electron chi connectivity index (χ3n) is 5.70. The molecule has 0 saturated carbocycles. The maximum absolute atomic E-state index is 2.74. The van der Waals surface area contributed by atoms with Crippen LogP contribution in [0.4, 0.5) is 0 Å². The van der Waals surface area contributed by atoms with E-state index in [0.29, 0.717) is 0 Å².